The molecule has 0 amide bonds. The number of benzene rings is 1. The van der Waals surface area contributed by atoms with Gasteiger partial charge >= 0.3 is 5.97 Å². The number of thiazole rings is 1. The Morgan fingerprint density at radius 2 is 2.05 bits per heavy atom. The molecule has 4 heteroatoms. The van der Waals surface area contributed by atoms with Gasteiger partial charge in [0, 0.05) is 11.8 Å². The molecule has 1 unspecified atom stereocenters. The lowest BCUT2D eigenvalue weighted by Crippen LogP contribution is -2.10. The van der Waals surface area contributed by atoms with Crippen LogP contribution in [0.15, 0.2) is 24.3 Å². The van der Waals surface area contributed by atoms with Gasteiger partial charge in [-0.1, -0.05) is 24.3 Å². The molecule has 0 aliphatic heterocycles. The molecule has 21 heavy (non-hydrogen) atoms. The van der Waals surface area contributed by atoms with Crippen LogP contribution in [0.25, 0.3) is 0 Å². The first-order valence-corrected chi connectivity index (χ1v) is 8.37. The largest absolute Gasteiger partial charge is 0.477 e. The Balaban J connectivity index is 1.77. The van der Waals surface area contributed by atoms with Crippen LogP contribution in [-0.4, -0.2) is 16.1 Å². The number of aromatic nitrogens is 1. The molecule has 1 heterocycles. The highest BCUT2D eigenvalue weighted by atomic mass is 32.1. The minimum atomic E-state index is -0.815. The zero-order valence-corrected chi connectivity index (χ0v) is 12.5. The van der Waals surface area contributed by atoms with Gasteiger partial charge in [-0.25, -0.2) is 9.78 Å². The molecule has 0 spiro atoms. The van der Waals surface area contributed by atoms with E-state index in [9.17, 15) is 9.90 Å². The zero-order chi connectivity index (χ0) is 14.4. The first kappa shape index (κ1) is 13.0. The van der Waals surface area contributed by atoms with Crippen molar-refractivity contribution in [1.29, 1.82) is 0 Å². The van der Waals surface area contributed by atoms with Crippen LogP contribution in [0.3, 0.4) is 0 Å². The minimum Gasteiger partial charge on any atom is -0.477 e. The van der Waals surface area contributed by atoms with E-state index in [1.165, 1.54) is 22.5 Å². The highest BCUT2D eigenvalue weighted by Crippen LogP contribution is 2.45. The molecule has 2 aliphatic carbocycles. The van der Waals surface area contributed by atoms with Crippen molar-refractivity contribution in [2.45, 2.75) is 43.9 Å². The molecule has 0 saturated heterocycles. The van der Waals surface area contributed by atoms with Gasteiger partial charge < -0.3 is 5.11 Å². The number of aromatic carboxylic acids is 1. The fourth-order valence-electron chi connectivity index (χ4n) is 3.30. The van der Waals surface area contributed by atoms with Crippen molar-refractivity contribution in [3.8, 4) is 0 Å². The molecule has 2 aliphatic rings. The topological polar surface area (TPSA) is 50.2 Å². The maximum Gasteiger partial charge on any atom is 0.347 e. The Morgan fingerprint density at radius 1 is 1.24 bits per heavy atom. The van der Waals surface area contributed by atoms with Crippen molar-refractivity contribution < 1.29 is 9.90 Å². The lowest BCUT2D eigenvalue weighted by atomic mass is 9.83. The van der Waals surface area contributed by atoms with Crippen molar-refractivity contribution in [2.24, 2.45) is 0 Å². The smallest absolute Gasteiger partial charge is 0.347 e. The Hall–Kier alpha value is -1.68. The molecule has 108 valence electrons. The van der Waals surface area contributed by atoms with Gasteiger partial charge in [0.15, 0.2) is 0 Å². The number of nitrogens with zero attached hydrogens (tertiary/aromatic N) is 1. The van der Waals surface area contributed by atoms with Crippen LogP contribution in [0.1, 0.15) is 69.0 Å². The van der Waals surface area contributed by atoms with E-state index >= 15 is 0 Å². The second-order valence-corrected chi connectivity index (χ2v) is 7.02. The number of fused-ring (bicyclic) bond motifs is 1. The molecule has 1 aromatic heterocycles. The number of carboxylic acids is 1. The van der Waals surface area contributed by atoms with E-state index in [1.807, 2.05) is 0 Å². The third kappa shape index (κ3) is 2.27. The fraction of sp³-hybridized carbons (Fsp3) is 0.412. The first-order chi connectivity index (χ1) is 10.2. The molecular formula is C17H17NO2S. The normalized spacial score (nSPS) is 21.0. The fourth-order valence-corrected chi connectivity index (χ4v) is 4.44. The molecule has 3 nitrogen and oxygen atoms in total. The summed E-state index contributed by atoms with van der Waals surface area (Å²) in [6.45, 7) is 0. The number of rotatable bonds is 3. The van der Waals surface area contributed by atoms with Gasteiger partial charge in [0.25, 0.3) is 0 Å². The average molecular weight is 299 g/mol. The second kappa shape index (κ2) is 4.95. The predicted molar refractivity (Wildman–Crippen MR) is 82.3 cm³/mol. The maximum atomic E-state index is 11.5. The summed E-state index contributed by atoms with van der Waals surface area (Å²) in [7, 11) is 0. The quantitative estimate of drug-likeness (QED) is 0.924. The van der Waals surface area contributed by atoms with E-state index in [1.54, 1.807) is 0 Å². The van der Waals surface area contributed by atoms with E-state index in [4.69, 9.17) is 4.98 Å². The zero-order valence-electron chi connectivity index (χ0n) is 11.7. The van der Waals surface area contributed by atoms with Gasteiger partial charge in [0.05, 0.1) is 5.69 Å². The summed E-state index contributed by atoms with van der Waals surface area (Å²) in [6.07, 6.45) is 5.53. The number of hydrogen-bond acceptors (Lipinski definition) is 3. The summed E-state index contributed by atoms with van der Waals surface area (Å²) in [6, 6.07) is 8.53. The van der Waals surface area contributed by atoms with Gasteiger partial charge in [0.2, 0.25) is 0 Å². The third-order valence-electron chi connectivity index (χ3n) is 4.50. The van der Waals surface area contributed by atoms with Crippen LogP contribution in [-0.2, 0) is 6.42 Å². The van der Waals surface area contributed by atoms with E-state index in [0.717, 1.165) is 42.8 Å². The van der Waals surface area contributed by atoms with Crippen LogP contribution in [0, 0.1) is 0 Å². The van der Waals surface area contributed by atoms with E-state index in [2.05, 4.69) is 24.3 Å². The maximum absolute atomic E-state index is 11.5. The van der Waals surface area contributed by atoms with Crippen molar-refractivity contribution >= 4 is 17.3 Å². The van der Waals surface area contributed by atoms with Crippen molar-refractivity contribution in [2.75, 3.05) is 0 Å². The van der Waals surface area contributed by atoms with Gasteiger partial charge in [-0.15, -0.1) is 11.3 Å². The summed E-state index contributed by atoms with van der Waals surface area (Å²) in [5, 5.41) is 10.4. The Morgan fingerprint density at radius 3 is 2.81 bits per heavy atom. The third-order valence-corrected chi connectivity index (χ3v) is 5.67. The molecule has 1 atom stereocenters. The van der Waals surface area contributed by atoms with Crippen LogP contribution in [0.5, 0.6) is 0 Å². The number of aryl methyl sites for hydroxylation is 1. The minimum absolute atomic E-state index is 0.283. The number of carbonyl (C=O) groups is 1. The van der Waals surface area contributed by atoms with E-state index < -0.39 is 5.97 Å². The lowest BCUT2D eigenvalue weighted by molar-refractivity contribution is 0.0700. The van der Waals surface area contributed by atoms with E-state index in [-0.39, 0.29) is 5.92 Å². The number of hydrogen-bond donors (Lipinski definition) is 1. The molecule has 1 N–H and O–H groups in total. The predicted octanol–water partition coefficient (Wildman–Crippen LogP) is 4.19. The van der Waals surface area contributed by atoms with Gasteiger partial charge in [-0.05, 0) is 43.2 Å². The molecule has 0 radical (unpaired) electrons. The molecular weight excluding hydrogens is 282 g/mol. The highest BCUT2D eigenvalue weighted by Gasteiger charge is 2.34. The second-order valence-electron chi connectivity index (χ2n) is 5.99. The van der Waals surface area contributed by atoms with Crippen LogP contribution >= 0.6 is 11.3 Å². The number of carboxylic acid groups (broad SMARTS) is 1. The van der Waals surface area contributed by atoms with Crippen LogP contribution in [0.2, 0.25) is 0 Å². The standard InChI is InChI=1S/C17H17NO2S/c19-17(20)15-14(11-8-9-11)18-16(21-15)13-7-3-5-10-4-1-2-6-12(10)13/h1-2,4,6,11,13H,3,5,7-9H2,(H,19,20). The van der Waals surface area contributed by atoms with Crippen LogP contribution < -0.4 is 0 Å². The molecule has 1 aromatic carbocycles. The van der Waals surface area contributed by atoms with Crippen molar-refractivity contribution in [3.05, 3.63) is 51.0 Å². The van der Waals surface area contributed by atoms with E-state index in [0.29, 0.717) is 10.8 Å². The Bertz CT molecular complexity index is 703. The Labute approximate surface area is 127 Å². The SMILES string of the molecule is O=C(O)c1sc(C2CCCc3ccccc32)nc1C1CC1. The van der Waals surface area contributed by atoms with Gasteiger partial charge in [0.1, 0.15) is 9.88 Å². The van der Waals surface area contributed by atoms with Gasteiger partial charge in [-0.3, -0.25) is 0 Å². The summed E-state index contributed by atoms with van der Waals surface area (Å²) < 4.78 is 0. The molecule has 2 aromatic rings. The monoisotopic (exact) mass is 299 g/mol. The van der Waals surface area contributed by atoms with Crippen molar-refractivity contribution in [3.63, 3.8) is 0 Å². The van der Waals surface area contributed by atoms with Crippen LogP contribution in [0.4, 0.5) is 0 Å². The van der Waals surface area contributed by atoms with Crippen molar-refractivity contribution in [1.82, 2.24) is 4.98 Å². The first-order valence-electron chi connectivity index (χ1n) is 7.55. The summed E-state index contributed by atoms with van der Waals surface area (Å²) in [4.78, 5) is 16.7. The molecule has 0 bridgehead atoms. The Kier molecular flexibility index (Phi) is 3.07. The molecule has 4 rings (SSSR count). The van der Waals surface area contributed by atoms with Gasteiger partial charge in [-0.2, -0.15) is 0 Å². The highest BCUT2D eigenvalue weighted by molar-refractivity contribution is 7.13. The summed E-state index contributed by atoms with van der Waals surface area (Å²) in [5.74, 6) is -0.143. The molecule has 1 fully saturated rings. The average Bonchev–Trinajstić information content (AvgIpc) is 3.25. The lowest BCUT2D eigenvalue weighted by Gasteiger charge is -2.23. The summed E-state index contributed by atoms with van der Waals surface area (Å²) >= 11 is 1.40. The summed E-state index contributed by atoms with van der Waals surface area (Å²) in [5.41, 5.74) is 3.58. The molecule has 1 saturated carbocycles.